The molecule has 0 saturated carbocycles. The number of hydrogen-bond acceptors (Lipinski definition) is 7. The fourth-order valence-corrected chi connectivity index (χ4v) is 3.30. The van der Waals surface area contributed by atoms with Crippen molar-refractivity contribution >= 4 is 34.5 Å². The molecule has 1 aliphatic heterocycles. The Morgan fingerprint density at radius 1 is 1.48 bits per heavy atom. The van der Waals surface area contributed by atoms with Gasteiger partial charge in [-0.15, -0.1) is 0 Å². The number of anilines is 2. The Morgan fingerprint density at radius 2 is 2.26 bits per heavy atom. The average Bonchev–Trinajstić information content (AvgIpc) is 3.05. The van der Waals surface area contributed by atoms with E-state index in [9.17, 15) is 5.11 Å². The van der Waals surface area contributed by atoms with E-state index in [0.717, 1.165) is 35.8 Å². The molecule has 1 fully saturated rings. The fraction of sp³-hybridized carbons (Fsp3) is 0.611. The maximum atomic E-state index is 10.2. The fourth-order valence-electron chi connectivity index (χ4n) is 3.24. The van der Waals surface area contributed by atoms with E-state index >= 15 is 0 Å². The van der Waals surface area contributed by atoms with Crippen LogP contribution in [-0.4, -0.2) is 56.5 Å². The molecule has 3 heterocycles. The quantitative estimate of drug-likeness (QED) is 0.449. The molecule has 8 nitrogen and oxygen atoms in total. The molecule has 9 heteroatoms. The van der Waals surface area contributed by atoms with Crippen LogP contribution in [0.5, 0.6) is 0 Å². The summed E-state index contributed by atoms with van der Waals surface area (Å²) in [6, 6.07) is 1.74. The Balaban J connectivity index is 1.89. The maximum Gasteiger partial charge on any atom is 0.163 e. The first-order valence-corrected chi connectivity index (χ1v) is 9.84. The number of thiocarbonyl (C=S) groups is 1. The van der Waals surface area contributed by atoms with Crippen LogP contribution in [0.1, 0.15) is 38.7 Å². The molecular formula is C18H29N7OS. The molecule has 0 bridgehead atoms. The summed E-state index contributed by atoms with van der Waals surface area (Å²) in [7, 11) is 0. The van der Waals surface area contributed by atoms with Crippen LogP contribution in [0.3, 0.4) is 0 Å². The van der Waals surface area contributed by atoms with Gasteiger partial charge < -0.3 is 26.8 Å². The summed E-state index contributed by atoms with van der Waals surface area (Å²) in [5.41, 5.74) is 7.64. The Labute approximate surface area is 164 Å². The van der Waals surface area contributed by atoms with Crippen LogP contribution < -0.4 is 21.7 Å². The number of aromatic nitrogens is 3. The topological polar surface area (TPSA) is 113 Å². The lowest BCUT2D eigenvalue weighted by Gasteiger charge is -2.28. The van der Waals surface area contributed by atoms with Crippen LogP contribution in [0, 0.1) is 5.92 Å². The second kappa shape index (κ2) is 8.37. The average molecular weight is 392 g/mol. The third-order valence-electron chi connectivity index (χ3n) is 5.05. The van der Waals surface area contributed by atoms with Gasteiger partial charge in [0, 0.05) is 30.6 Å². The second-order valence-corrected chi connectivity index (χ2v) is 7.96. The van der Waals surface area contributed by atoms with Gasteiger partial charge in [-0.05, 0) is 25.8 Å². The lowest BCUT2D eigenvalue weighted by Crippen LogP contribution is -2.43. The van der Waals surface area contributed by atoms with Crippen LogP contribution in [0.15, 0.2) is 12.3 Å². The summed E-state index contributed by atoms with van der Waals surface area (Å²) in [4.78, 5) is 5.16. The van der Waals surface area contributed by atoms with Crippen LogP contribution >= 0.6 is 12.2 Å². The summed E-state index contributed by atoms with van der Waals surface area (Å²) in [6.07, 6.45) is 2.44. The zero-order chi connectivity index (χ0) is 19.6. The first kappa shape index (κ1) is 19.8. The minimum Gasteiger partial charge on any atom is -0.392 e. The number of piperidine rings is 1. The molecule has 3 rings (SSSR count). The zero-order valence-corrected chi connectivity index (χ0v) is 16.9. The minimum atomic E-state index is -0.344. The minimum absolute atomic E-state index is 0.170. The molecule has 1 aliphatic rings. The number of aliphatic hydroxyl groups is 1. The Hall–Kier alpha value is -1.97. The highest BCUT2D eigenvalue weighted by atomic mass is 32.1. The molecule has 27 heavy (non-hydrogen) atoms. The van der Waals surface area contributed by atoms with Crippen LogP contribution in [-0.2, 0) is 0 Å². The molecule has 0 aliphatic carbocycles. The van der Waals surface area contributed by atoms with Gasteiger partial charge in [-0.25, -0.2) is 4.98 Å². The van der Waals surface area contributed by atoms with Gasteiger partial charge in [0.25, 0.3) is 0 Å². The van der Waals surface area contributed by atoms with Crippen molar-refractivity contribution in [1.82, 2.24) is 19.9 Å². The highest BCUT2D eigenvalue weighted by Gasteiger charge is 2.23. The molecule has 0 amide bonds. The number of rotatable bonds is 7. The maximum absolute atomic E-state index is 10.2. The van der Waals surface area contributed by atoms with Crippen molar-refractivity contribution in [2.24, 2.45) is 11.7 Å². The molecule has 0 spiro atoms. The smallest absolute Gasteiger partial charge is 0.163 e. The molecule has 6 N–H and O–H groups in total. The van der Waals surface area contributed by atoms with E-state index in [4.69, 9.17) is 22.9 Å². The summed E-state index contributed by atoms with van der Waals surface area (Å²) >= 11 is 5.09. The number of aliphatic hydroxyl groups excluding tert-OH is 1. The number of nitrogens with one attached hydrogen (secondary N) is 3. The van der Waals surface area contributed by atoms with E-state index in [2.05, 4.69) is 34.9 Å². The largest absolute Gasteiger partial charge is 0.392 e. The predicted octanol–water partition coefficient (Wildman–Crippen LogP) is 1.32. The van der Waals surface area contributed by atoms with Gasteiger partial charge in [-0.2, -0.15) is 9.61 Å². The molecule has 1 saturated heterocycles. The Kier molecular flexibility index (Phi) is 6.13. The molecule has 0 radical (unpaired) electrons. The molecule has 0 unspecified atom stereocenters. The first-order chi connectivity index (χ1) is 12.9. The van der Waals surface area contributed by atoms with Crippen LogP contribution in [0.2, 0.25) is 0 Å². The standard InChI is InChI=1S/C18H29N7OS/c1-10(2)13-8-22-25-16(23-11(3)17(19)27)6-15(24-18(13)25)21-7-12-4-5-20-9-14(12)26/h6,8,10-12,14,20,23,26H,4-5,7,9H2,1-3H3,(H2,19,27)(H,21,24)/t11-,12-,14+/m1/s1. The highest BCUT2D eigenvalue weighted by molar-refractivity contribution is 7.80. The van der Waals surface area contributed by atoms with Crippen molar-refractivity contribution in [3.8, 4) is 0 Å². The molecule has 0 aromatic carbocycles. The first-order valence-electron chi connectivity index (χ1n) is 9.44. The van der Waals surface area contributed by atoms with Crippen molar-refractivity contribution in [2.75, 3.05) is 30.3 Å². The number of nitrogens with two attached hydrogens (primary N) is 1. The number of hydrogen-bond donors (Lipinski definition) is 5. The Bertz CT molecular complexity index is 806. The predicted molar refractivity (Wildman–Crippen MR) is 112 cm³/mol. The monoisotopic (exact) mass is 391 g/mol. The van der Waals surface area contributed by atoms with E-state index in [1.165, 1.54) is 0 Å². The highest BCUT2D eigenvalue weighted by Crippen LogP contribution is 2.25. The number of β-amino-alcohol motifs (C(OH)–C–C–N with tert-alkyl or cyclic N) is 1. The van der Waals surface area contributed by atoms with Crippen LogP contribution in [0.25, 0.3) is 5.65 Å². The van der Waals surface area contributed by atoms with Crippen molar-refractivity contribution in [3.63, 3.8) is 0 Å². The third-order valence-corrected chi connectivity index (χ3v) is 5.40. The second-order valence-electron chi connectivity index (χ2n) is 7.49. The van der Waals surface area contributed by atoms with Gasteiger partial charge >= 0.3 is 0 Å². The summed E-state index contributed by atoms with van der Waals surface area (Å²) < 4.78 is 1.79. The summed E-state index contributed by atoms with van der Waals surface area (Å²) in [5.74, 6) is 2.02. The van der Waals surface area contributed by atoms with Gasteiger partial charge in [0.1, 0.15) is 11.6 Å². The summed E-state index contributed by atoms with van der Waals surface area (Å²) in [6.45, 7) is 8.39. The third kappa shape index (κ3) is 4.48. The van der Waals surface area contributed by atoms with Crippen molar-refractivity contribution in [1.29, 1.82) is 0 Å². The van der Waals surface area contributed by atoms with Gasteiger partial charge in [-0.1, -0.05) is 26.1 Å². The molecule has 2 aromatic heterocycles. The molecule has 2 aromatic rings. The number of fused-ring (bicyclic) bond motifs is 1. The van der Waals surface area contributed by atoms with Gasteiger partial charge in [0.15, 0.2) is 5.65 Å². The van der Waals surface area contributed by atoms with Crippen LogP contribution in [0.4, 0.5) is 11.6 Å². The van der Waals surface area contributed by atoms with E-state index in [1.807, 2.05) is 19.2 Å². The van der Waals surface area contributed by atoms with Gasteiger partial charge in [0.05, 0.1) is 23.3 Å². The van der Waals surface area contributed by atoms with E-state index in [-0.39, 0.29) is 18.1 Å². The van der Waals surface area contributed by atoms with E-state index in [0.29, 0.717) is 24.0 Å². The normalized spacial score (nSPS) is 21.4. The van der Waals surface area contributed by atoms with Crippen molar-refractivity contribution in [3.05, 3.63) is 17.8 Å². The Morgan fingerprint density at radius 3 is 2.93 bits per heavy atom. The summed E-state index contributed by atoms with van der Waals surface area (Å²) in [5, 5.41) is 24.6. The lowest BCUT2D eigenvalue weighted by atomic mass is 9.95. The van der Waals surface area contributed by atoms with Crippen molar-refractivity contribution < 1.29 is 5.11 Å². The van der Waals surface area contributed by atoms with Gasteiger partial charge in [0.2, 0.25) is 0 Å². The molecule has 148 valence electrons. The molecular weight excluding hydrogens is 362 g/mol. The van der Waals surface area contributed by atoms with E-state index in [1.54, 1.807) is 4.52 Å². The number of nitrogens with zero attached hydrogens (tertiary/aromatic N) is 3. The molecule has 3 atom stereocenters. The van der Waals surface area contributed by atoms with Gasteiger partial charge in [-0.3, -0.25) is 0 Å². The van der Waals surface area contributed by atoms with Crippen molar-refractivity contribution in [2.45, 2.75) is 45.3 Å². The lowest BCUT2D eigenvalue weighted by molar-refractivity contribution is 0.0883. The van der Waals surface area contributed by atoms with E-state index < -0.39 is 0 Å². The zero-order valence-electron chi connectivity index (χ0n) is 16.1. The SMILES string of the molecule is CC(C)c1cnn2c(N[C@H](C)C(N)=S)cc(NC[C@H]3CCNC[C@@H]3O)nc12.